The second kappa shape index (κ2) is 9.66. The third kappa shape index (κ3) is 5.13. The molecule has 0 aliphatic carbocycles. The first kappa shape index (κ1) is 24.7. The number of ether oxygens (including phenoxy) is 1. The van der Waals surface area contributed by atoms with E-state index in [4.69, 9.17) is 4.74 Å². The summed E-state index contributed by atoms with van der Waals surface area (Å²) in [7, 11) is 2.05. The lowest BCUT2D eigenvalue weighted by molar-refractivity contribution is -0.147. The molecule has 0 N–H and O–H groups in total. The van der Waals surface area contributed by atoms with Crippen LogP contribution in [-0.4, -0.2) is 102 Å². The highest BCUT2D eigenvalue weighted by atomic mass is 16.5. The van der Waals surface area contributed by atoms with Crippen LogP contribution in [0.25, 0.3) is 0 Å². The van der Waals surface area contributed by atoms with Crippen LogP contribution in [0.1, 0.15) is 50.4 Å². The Bertz CT molecular complexity index is 897. The molecule has 3 saturated heterocycles. The van der Waals surface area contributed by atoms with Gasteiger partial charge in [-0.3, -0.25) is 19.3 Å². The molecule has 1 aromatic carbocycles. The minimum atomic E-state index is -0.863. The zero-order valence-corrected chi connectivity index (χ0v) is 21.0. The second-order valence-electron chi connectivity index (χ2n) is 11.1. The van der Waals surface area contributed by atoms with Gasteiger partial charge >= 0.3 is 0 Å². The van der Waals surface area contributed by atoms with Crippen molar-refractivity contribution >= 4 is 17.7 Å². The number of likely N-dealkylation sites (N-methyl/N-ethyl adjacent to an activating group) is 1. The average molecular weight is 471 g/mol. The van der Waals surface area contributed by atoms with Crippen LogP contribution >= 0.6 is 0 Å². The van der Waals surface area contributed by atoms with Gasteiger partial charge in [0, 0.05) is 64.1 Å². The van der Waals surface area contributed by atoms with Gasteiger partial charge in [-0.1, -0.05) is 39.0 Å². The van der Waals surface area contributed by atoms with Crippen LogP contribution in [0.5, 0.6) is 0 Å². The molecule has 1 spiro atoms. The summed E-state index contributed by atoms with van der Waals surface area (Å²) in [5, 5.41) is 0. The summed E-state index contributed by atoms with van der Waals surface area (Å²) in [6.07, 6.45) is 1.50. The van der Waals surface area contributed by atoms with E-state index in [-0.39, 0.29) is 29.7 Å². The highest BCUT2D eigenvalue weighted by Crippen LogP contribution is 2.39. The number of amides is 3. The smallest absolute Gasteiger partial charge is 0.256 e. The number of piperidine rings is 1. The van der Waals surface area contributed by atoms with Gasteiger partial charge < -0.3 is 19.4 Å². The van der Waals surface area contributed by atoms with Crippen molar-refractivity contribution in [3.8, 4) is 0 Å². The summed E-state index contributed by atoms with van der Waals surface area (Å²) < 4.78 is 6.32. The minimum Gasteiger partial charge on any atom is -0.353 e. The van der Waals surface area contributed by atoms with Gasteiger partial charge in [0.05, 0.1) is 6.61 Å². The van der Waals surface area contributed by atoms with E-state index in [0.29, 0.717) is 51.0 Å². The first-order chi connectivity index (χ1) is 16.1. The lowest BCUT2D eigenvalue weighted by Crippen LogP contribution is -2.61. The second-order valence-corrected chi connectivity index (χ2v) is 11.1. The summed E-state index contributed by atoms with van der Waals surface area (Å²) in [6, 6.07) is 8.47. The number of hydrogen-bond donors (Lipinski definition) is 0. The molecule has 3 aliphatic rings. The van der Waals surface area contributed by atoms with Gasteiger partial charge in [0.25, 0.3) is 5.91 Å². The number of carbonyl (C=O) groups excluding carboxylic acids is 3. The molecule has 34 heavy (non-hydrogen) atoms. The summed E-state index contributed by atoms with van der Waals surface area (Å²) in [6.45, 7) is 10.4. The molecule has 0 saturated carbocycles. The van der Waals surface area contributed by atoms with Crippen LogP contribution in [0.15, 0.2) is 30.3 Å². The Morgan fingerprint density at radius 3 is 2.15 bits per heavy atom. The molecule has 8 heteroatoms. The molecular formula is C26H38N4O4. The van der Waals surface area contributed by atoms with E-state index >= 15 is 0 Å². The van der Waals surface area contributed by atoms with E-state index in [9.17, 15) is 14.4 Å². The molecule has 1 atom stereocenters. The molecule has 1 aromatic rings. The summed E-state index contributed by atoms with van der Waals surface area (Å²) in [5.74, 6) is -0.0908. The molecule has 0 bridgehead atoms. The first-order valence-electron chi connectivity index (χ1n) is 12.4. The molecule has 0 radical (unpaired) electrons. The SMILES string of the molecule is CN1CCN(C(=O)C2COC3(CCN(C(=O)CC(C)(C)C)CC3)N2C(=O)c2ccccc2)CC1. The fourth-order valence-electron chi connectivity index (χ4n) is 5.18. The van der Waals surface area contributed by atoms with E-state index in [1.807, 2.05) is 28.0 Å². The molecule has 3 fully saturated rings. The average Bonchev–Trinajstić information content (AvgIpc) is 3.17. The topological polar surface area (TPSA) is 73.4 Å². The van der Waals surface area contributed by atoms with E-state index < -0.39 is 11.8 Å². The summed E-state index contributed by atoms with van der Waals surface area (Å²) in [5.41, 5.74) is -0.390. The Hall–Kier alpha value is -2.45. The lowest BCUT2D eigenvalue weighted by Gasteiger charge is -2.45. The maximum absolute atomic E-state index is 13.8. The van der Waals surface area contributed by atoms with Crippen LogP contribution in [0, 0.1) is 5.41 Å². The van der Waals surface area contributed by atoms with Crippen molar-refractivity contribution in [2.75, 3.05) is 52.9 Å². The Labute approximate surface area is 202 Å². The molecule has 1 unspecified atom stereocenters. The molecule has 4 rings (SSSR count). The Morgan fingerprint density at radius 1 is 0.941 bits per heavy atom. The quantitative estimate of drug-likeness (QED) is 0.676. The Balaban J connectivity index is 1.55. The minimum absolute atomic E-state index is 0.0412. The third-order valence-corrected chi connectivity index (χ3v) is 7.18. The van der Waals surface area contributed by atoms with Crippen molar-refractivity contribution in [3.05, 3.63) is 35.9 Å². The zero-order valence-electron chi connectivity index (χ0n) is 21.0. The molecule has 3 heterocycles. The number of nitrogens with zero attached hydrogens (tertiary/aromatic N) is 4. The van der Waals surface area contributed by atoms with Crippen LogP contribution in [0.4, 0.5) is 0 Å². The molecule has 0 aromatic heterocycles. The summed E-state index contributed by atoms with van der Waals surface area (Å²) >= 11 is 0. The number of rotatable bonds is 3. The van der Waals surface area contributed by atoms with Gasteiger partial charge in [-0.05, 0) is 24.6 Å². The van der Waals surface area contributed by atoms with Crippen molar-refractivity contribution in [2.24, 2.45) is 5.41 Å². The number of likely N-dealkylation sites (tertiary alicyclic amines) is 1. The van der Waals surface area contributed by atoms with Crippen molar-refractivity contribution in [3.63, 3.8) is 0 Å². The van der Waals surface area contributed by atoms with E-state index in [2.05, 4.69) is 32.7 Å². The predicted molar refractivity (Wildman–Crippen MR) is 129 cm³/mol. The number of benzene rings is 1. The molecular weight excluding hydrogens is 432 g/mol. The van der Waals surface area contributed by atoms with Gasteiger partial charge in [0.15, 0.2) is 0 Å². The van der Waals surface area contributed by atoms with Crippen molar-refractivity contribution < 1.29 is 19.1 Å². The standard InChI is InChI=1S/C26H38N4O4/c1-25(2,3)18-22(31)28-12-10-26(11-13-28)30(23(32)20-8-6-5-7-9-20)21(19-34-26)24(33)29-16-14-27(4)15-17-29/h5-9,21H,10-19H2,1-4H3. The normalized spacial score (nSPS) is 23.4. The fourth-order valence-corrected chi connectivity index (χ4v) is 5.18. The molecule has 3 aliphatic heterocycles. The maximum Gasteiger partial charge on any atom is 0.256 e. The highest BCUT2D eigenvalue weighted by molar-refractivity contribution is 5.98. The lowest BCUT2D eigenvalue weighted by atomic mass is 9.90. The molecule has 3 amide bonds. The first-order valence-corrected chi connectivity index (χ1v) is 12.4. The fraction of sp³-hybridized carbons (Fsp3) is 0.654. The maximum atomic E-state index is 13.8. The van der Waals surface area contributed by atoms with Crippen molar-refractivity contribution in [2.45, 2.75) is 51.8 Å². The monoisotopic (exact) mass is 470 g/mol. The number of hydrogen-bond acceptors (Lipinski definition) is 5. The van der Waals surface area contributed by atoms with Gasteiger partial charge in [-0.2, -0.15) is 0 Å². The van der Waals surface area contributed by atoms with Crippen molar-refractivity contribution in [1.29, 1.82) is 0 Å². The van der Waals surface area contributed by atoms with Crippen molar-refractivity contribution in [1.82, 2.24) is 19.6 Å². The molecule has 8 nitrogen and oxygen atoms in total. The van der Waals surface area contributed by atoms with Gasteiger partial charge in [-0.25, -0.2) is 0 Å². The van der Waals surface area contributed by atoms with Crippen LogP contribution in [0.3, 0.4) is 0 Å². The summed E-state index contributed by atoms with van der Waals surface area (Å²) in [4.78, 5) is 47.8. The highest BCUT2D eigenvalue weighted by Gasteiger charge is 2.55. The zero-order chi connectivity index (χ0) is 24.5. The van der Waals surface area contributed by atoms with E-state index in [0.717, 1.165) is 13.1 Å². The Morgan fingerprint density at radius 2 is 1.56 bits per heavy atom. The van der Waals surface area contributed by atoms with Gasteiger partial charge in [0.1, 0.15) is 11.8 Å². The molecule has 186 valence electrons. The van der Waals surface area contributed by atoms with Gasteiger partial charge in [-0.15, -0.1) is 0 Å². The van der Waals surface area contributed by atoms with Gasteiger partial charge in [0.2, 0.25) is 11.8 Å². The number of carbonyl (C=O) groups is 3. The predicted octanol–water partition coefficient (Wildman–Crippen LogP) is 2.06. The van der Waals surface area contributed by atoms with E-state index in [1.165, 1.54) is 0 Å². The largest absolute Gasteiger partial charge is 0.353 e. The van der Waals surface area contributed by atoms with Crippen LogP contribution < -0.4 is 0 Å². The van der Waals surface area contributed by atoms with Crippen LogP contribution in [0.2, 0.25) is 0 Å². The number of piperazine rings is 1. The van der Waals surface area contributed by atoms with E-state index in [1.54, 1.807) is 17.0 Å². The third-order valence-electron chi connectivity index (χ3n) is 7.18. The van der Waals surface area contributed by atoms with Crippen LogP contribution in [-0.2, 0) is 14.3 Å². The Kier molecular flexibility index (Phi) is 7.01.